The number of ether oxygens (including phenoxy) is 1. The molecule has 0 radical (unpaired) electrons. The van der Waals surface area contributed by atoms with Gasteiger partial charge in [0, 0.05) is 25.7 Å². The number of hydrogen-bond donors (Lipinski definition) is 1. The van der Waals surface area contributed by atoms with E-state index in [4.69, 9.17) is 4.74 Å². The molecule has 0 aliphatic heterocycles. The van der Waals surface area contributed by atoms with Crippen molar-refractivity contribution in [1.82, 2.24) is 10.2 Å². The molecule has 3 heteroatoms. The van der Waals surface area contributed by atoms with Crippen LogP contribution in [0.25, 0.3) is 0 Å². The molecular weight excluding hydrogens is 248 g/mol. The highest BCUT2D eigenvalue weighted by Crippen LogP contribution is 2.23. The van der Waals surface area contributed by atoms with Gasteiger partial charge in [0.25, 0.3) is 0 Å². The van der Waals surface area contributed by atoms with Gasteiger partial charge in [-0.1, -0.05) is 24.3 Å². The third-order valence-electron chi connectivity index (χ3n) is 4.49. The van der Waals surface area contributed by atoms with Gasteiger partial charge < -0.3 is 10.1 Å². The van der Waals surface area contributed by atoms with Gasteiger partial charge in [-0.3, -0.25) is 4.90 Å². The largest absolute Gasteiger partial charge is 0.380 e. The summed E-state index contributed by atoms with van der Waals surface area (Å²) in [5, 5.41) is 3.40. The van der Waals surface area contributed by atoms with Crippen LogP contribution in [0.5, 0.6) is 0 Å². The molecule has 3 nitrogen and oxygen atoms in total. The molecule has 1 aromatic rings. The van der Waals surface area contributed by atoms with E-state index in [0.717, 1.165) is 18.6 Å². The average Bonchev–Trinajstić information content (AvgIpc) is 2.49. The summed E-state index contributed by atoms with van der Waals surface area (Å²) in [6.45, 7) is 1.74. The lowest BCUT2D eigenvalue weighted by Crippen LogP contribution is -2.39. The van der Waals surface area contributed by atoms with E-state index in [-0.39, 0.29) is 0 Å². The van der Waals surface area contributed by atoms with Crippen molar-refractivity contribution in [2.75, 3.05) is 21.2 Å². The fourth-order valence-corrected chi connectivity index (χ4v) is 3.13. The van der Waals surface area contributed by atoms with Gasteiger partial charge in [-0.25, -0.2) is 0 Å². The first-order valence-electron chi connectivity index (χ1n) is 7.67. The fourth-order valence-electron chi connectivity index (χ4n) is 3.13. The monoisotopic (exact) mass is 276 g/mol. The van der Waals surface area contributed by atoms with Crippen molar-refractivity contribution in [3.05, 3.63) is 35.4 Å². The summed E-state index contributed by atoms with van der Waals surface area (Å²) < 4.78 is 5.15. The van der Waals surface area contributed by atoms with Crippen LogP contribution in [-0.2, 0) is 17.9 Å². The summed E-state index contributed by atoms with van der Waals surface area (Å²) in [6.07, 6.45) is 5.23. The number of hydrogen-bond acceptors (Lipinski definition) is 3. The molecule has 0 spiro atoms. The van der Waals surface area contributed by atoms with Crippen LogP contribution in [0.15, 0.2) is 24.3 Å². The molecule has 2 rings (SSSR count). The van der Waals surface area contributed by atoms with Crippen LogP contribution in [0.2, 0.25) is 0 Å². The molecule has 1 fully saturated rings. The molecule has 1 aliphatic carbocycles. The number of nitrogens with one attached hydrogen (secondary N) is 1. The number of benzene rings is 1. The zero-order valence-corrected chi connectivity index (χ0v) is 13.1. The molecule has 0 bridgehead atoms. The molecule has 0 aromatic heterocycles. The minimum atomic E-state index is 0.699. The summed E-state index contributed by atoms with van der Waals surface area (Å²) in [6, 6.07) is 10.3. The third kappa shape index (κ3) is 4.30. The van der Waals surface area contributed by atoms with E-state index in [1.807, 2.05) is 0 Å². The quantitative estimate of drug-likeness (QED) is 0.864. The predicted octanol–water partition coefficient (Wildman–Crippen LogP) is 2.80. The van der Waals surface area contributed by atoms with Crippen LogP contribution in [0.4, 0.5) is 0 Å². The molecule has 1 N–H and O–H groups in total. The molecule has 1 saturated carbocycles. The molecule has 1 aliphatic rings. The number of methoxy groups -OCH3 is 1. The molecule has 0 unspecified atom stereocenters. The Balaban J connectivity index is 1.83. The Morgan fingerprint density at radius 3 is 2.25 bits per heavy atom. The SMILES string of the molecule is CNC1CCC(N(C)Cc2ccc(COC)cc2)CC1. The molecule has 0 atom stereocenters. The van der Waals surface area contributed by atoms with E-state index in [1.54, 1.807) is 7.11 Å². The first kappa shape index (κ1) is 15.5. The van der Waals surface area contributed by atoms with Gasteiger partial charge in [-0.15, -0.1) is 0 Å². The lowest BCUT2D eigenvalue weighted by Gasteiger charge is -2.34. The summed E-state index contributed by atoms with van der Waals surface area (Å²) in [5.41, 5.74) is 2.64. The van der Waals surface area contributed by atoms with E-state index < -0.39 is 0 Å². The maximum atomic E-state index is 5.15. The van der Waals surface area contributed by atoms with Gasteiger partial charge in [0.05, 0.1) is 6.61 Å². The molecular formula is C17H28N2O. The maximum Gasteiger partial charge on any atom is 0.0713 e. The minimum Gasteiger partial charge on any atom is -0.380 e. The Labute approximate surface area is 123 Å². The van der Waals surface area contributed by atoms with Crippen molar-refractivity contribution in [2.45, 2.75) is 50.9 Å². The second-order valence-corrected chi connectivity index (χ2v) is 5.96. The maximum absolute atomic E-state index is 5.15. The van der Waals surface area contributed by atoms with Crippen molar-refractivity contribution in [3.63, 3.8) is 0 Å². The molecule has 112 valence electrons. The van der Waals surface area contributed by atoms with Crippen LogP contribution >= 0.6 is 0 Å². The van der Waals surface area contributed by atoms with Gasteiger partial charge in [0.2, 0.25) is 0 Å². The Morgan fingerprint density at radius 1 is 1.10 bits per heavy atom. The van der Waals surface area contributed by atoms with Crippen LogP contribution in [-0.4, -0.2) is 38.2 Å². The molecule has 0 amide bonds. The number of rotatable bonds is 6. The van der Waals surface area contributed by atoms with Crippen molar-refractivity contribution in [2.24, 2.45) is 0 Å². The molecule has 1 aromatic carbocycles. The van der Waals surface area contributed by atoms with E-state index in [1.165, 1.54) is 36.8 Å². The third-order valence-corrected chi connectivity index (χ3v) is 4.49. The van der Waals surface area contributed by atoms with Crippen LogP contribution in [0.3, 0.4) is 0 Å². The van der Waals surface area contributed by atoms with Crippen LogP contribution in [0, 0.1) is 0 Å². The topological polar surface area (TPSA) is 24.5 Å². The highest BCUT2D eigenvalue weighted by Gasteiger charge is 2.22. The van der Waals surface area contributed by atoms with E-state index in [9.17, 15) is 0 Å². The van der Waals surface area contributed by atoms with Gasteiger partial charge in [0.15, 0.2) is 0 Å². The Kier molecular flexibility index (Phi) is 6.02. The zero-order valence-electron chi connectivity index (χ0n) is 13.1. The van der Waals surface area contributed by atoms with Gasteiger partial charge in [-0.2, -0.15) is 0 Å². The Bertz CT molecular complexity index is 382. The summed E-state index contributed by atoms with van der Waals surface area (Å²) >= 11 is 0. The van der Waals surface area contributed by atoms with E-state index >= 15 is 0 Å². The predicted molar refractivity (Wildman–Crippen MR) is 83.7 cm³/mol. The summed E-state index contributed by atoms with van der Waals surface area (Å²) in [4.78, 5) is 2.51. The van der Waals surface area contributed by atoms with Crippen molar-refractivity contribution in [3.8, 4) is 0 Å². The Hall–Kier alpha value is -0.900. The van der Waals surface area contributed by atoms with Crippen LogP contribution < -0.4 is 5.32 Å². The first-order chi connectivity index (χ1) is 9.72. The van der Waals surface area contributed by atoms with Crippen molar-refractivity contribution >= 4 is 0 Å². The lowest BCUT2D eigenvalue weighted by molar-refractivity contribution is 0.170. The zero-order chi connectivity index (χ0) is 14.4. The molecule has 0 saturated heterocycles. The molecule has 0 heterocycles. The second kappa shape index (κ2) is 7.77. The van der Waals surface area contributed by atoms with Crippen molar-refractivity contribution in [1.29, 1.82) is 0 Å². The van der Waals surface area contributed by atoms with E-state index in [0.29, 0.717) is 6.61 Å². The minimum absolute atomic E-state index is 0.699. The Morgan fingerprint density at radius 2 is 1.70 bits per heavy atom. The average molecular weight is 276 g/mol. The van der Waals surface area contributed by atoms with Gasteiger partial charge in [0.1, 0.15) is 0 Å². The van der Waals surface area contributed by atoms with Crippen LogP contribution in [0.1, 0.15) is 36.8 Å². The van der Waals surface area contributed by atoms with Gasteiger partial charge in [-0.05, 0) is 50.9 Å². The fraction of sp³-hybridized carbons (Fsp3) is 0.647. The van der Waals surface area contributed by atoms with Gasteiger partial charge >= 0.3 is 0 Å². The molecule has 20 heavy (non-hydrogen) atoms. The second-order valence-electron chi connectivity index (χ2n) is 5.96. The highest BCUT2D eigenvalue weighted by molar-refractivity contribution is 5.22. The van der Waals surface area contributed by atoms with E-state index in [2.05, 4.69) is 48.6 Å². The standard InChI is InChI=1S/C17H28N2O/c1-18-16-8-10-17(11-9-16)19(2)12-14-4-6-15(7-5-14)13-20-3/h4-7,16-18H,8-13H2,1-3H3. The summed E-state index contributed by atoms with van der Waals surface area (Å²) in [5.74, 6) is 0. The summed E-state index contributed by atoms with van der Waals surface area (Å²) in [7, 11) is 6.08. The normalized spacial score (nSPS) is 23.2. The lowest BCUT2D eigenvalue weighted by atomic mass is 9.90. The smallest absolute Gasteiger partial charge is 0.0713 e. The van der Waals surface area contributed by atoms with Crippen molar-refractivity contribution < 1.29 is 4.74 Å². The highest BCUT2D eigenvalue weighted by atomic mass is 16.5. The number of nitrogens with zero attached hydrogens (tertiary/aromatic N) is 1. The first-order valence-corrected chi connectivity index (χ1v) is 7.67.